The second kappa shape index (κ2) is 7.49. The molecule has 0 saturated heterocycles. The molecule has 1 aliphatic rings. The van der Waals surface area contributed by atoms with E-state index >= 15 is 0 Å². The van der Waals surface area contributed by atoms with Crippen LogP contribution in [0.5, 0.6) is 0 Å². The summed E-state index contributed by atoms with van der Waals surface area (Å²) >= 11 is 0. The summed E-state index contributed by atoms with van der Waals surface area (Å²) in [5.74, 6) is -0.115. The molecule has 1 aromatic rings. The highest BCUT2D eigenvalue weighted by Gasteiger charge is 2.18. The highest BCUT2D eigenvalue weighted by atomic mass is 19.1. The lowest BCUT2D eigenvalue weighted by molar-refractivity contribution is 0.593. The van der Waals surface area contributed by atoms with Crippen LogP contribution in [-0.4, -0.2) is 26.2 Å². The predicted octanol–water partition coefficient (Wildman–Crippen LogP) is 3.36. The van der Waals surface area contributed by atoms with Gasteiger partial charge in [0, 0.05) is 18.8 Å². The second-order valence-corrected chi connectivity index (χ2v) is 5.28. The minimum absolute atomic E-state index is 0.115. The maximum atomic E-state index is 13.3. The molecule has 2 rings (SSSR count). The Hall–Kier alpha value is -1.09. The average Bonchev–Trinajstić information content (AvgIpc) is 2.80. The number of hydrogen-bond acceptors (Lipinski definition) is 2. The fourth-order valence-electron chi connectivity index (χ4n) is 2.73. The van der Waals surface area contributed by atoms with Gasteiger partial charge in [-0.25, -0.2) is 4.39 Å². The van der Waals surface area contributed by atoms with Gasteiger partial charge in [0.25, 0.3) is 0 Å². The molecule has 2 nitrogen and oxygen atoms in total. The highest BCUT2D eigenvalue weighted by molar-refractivity contribution is 5.57. The van der Waals surface area contributed by atoms with Gasteiger partial charge in [0.15, 0.2) is 0 Å². The van der Waals surface area contributed by atoms with Crippen molar-refractivity contribution in [2.24, 2.45) is 0 Å². The van der Waals surface area contributed by atoms with Gasteiger partial charge in [-0.1, -0.05) is 25.8 Å². The Morgan fingerprint density at radius 1 is 1.21 bits per heavy atom. The van der Waals surface area contributed by atoms with Crippen molar-refractivity contribution in [1.82, 2.24) is 5.32 Å². The summed E-state index contributed by atoms with van der Waals surface area (Å²) in [5.41, 5.74) is 2.42. The number of nitrogens with zero attached hydrogens (tertiary/aromatic N) is 1. The van der Waals surface area contributed by atoms with Crippen LogP contribution in [-0.2, 0) is 6.42 Å². The molecule has 0 aromatic heterocycles. The first kappa shape index (κ1) is 14.3. The van der Waals surface area contributed by atoms with Crippen molar-refractivity contribution >= 4 is 5.69 Å². The molecule has 1 heterocycles. The maximum Gasteiger partial charge on any atom is 0.125 e. The molecule has 1 N–H and O–H groups in total. The number of fused-ring (bicyclic) bond motifs is 1. The van der Waals surface area contributed by atoms with Crippen molar-refractivity contribution in [2.75, 3.05) is 31.1 Å². The van der Waals surface area contributed by atoms with Crippen LogP contribution < -0.4 is 10.2 Å². The molecule has 0 atom stereocenters. The number of nitrogens with one attached hydrogen (secondary N) is 1. The van der Waals surface area contributed by atoms with E-state index in [0.717, 1.165) is 38.3 Å². The molecule has 0 spiro atoms. The lowest BCUT2D eigenvalue weighted by Crippen LogP contribution is -2.21. The summed E-state index contributed by atoms with van der Waals surface area (Å²) < 4.78 is 13.3. The molecule has 0 bridgehead atoms. The molecule has 0 radical (unpaired) electrons. The number of halogens is 1. The third kappa shape index (κ3) is 4.20. The van der Waals surface area contributed by atoms with Gasteiger partial charge < -0.3 is 10.2 Å². The highest BCUT2D eigenvalue weighted by Crippen LogP contribution is 2.28. The van der Waals surface area contributed by atoms with E-state index in [-0.39, 0.29) is 5.82 Å². The third-order valence-electron chi connectivity index (χ3n) is 3.82. The molecule has 19 heavy (non-hydrogen) atoms. The Morgan fingerprint density at radius 3 is 2.89 bits per heavy atom. The van der Waals surface area contributed by atoms with Gasteiger partial charge in [-0.05, 0) is 50.0 Å². The fourth-order valence-corrected chi connectivity index (χ4v) is 2.73. The van der Waals surface area contributed by atoms with Gasteiger partial charge in [-0.15, -0.1) is 0 Å². The Kier molecular flexibility index (Phi) is 5.64. The minimum atomic E-state index is -0.115. The predicted molar refractivity (Wildman–Crippen MR) is 79.3 cm³/mol. The lowest BCUT2D eigenvalue weighted by Gasteiger charge is -2.19. The molecular weight excluding hydrogens is 239 g/mol. The van der Waals surface area contributed by atoms with Crippen LogP contribution in [0.2, 0.25) is 0 Å². The lowest BCUT2D eigenvalue weighted by atomic mass is 10.1. The zero-order valence-electron chi connectivity index (χ0n) is 11.9. The fraction of sp³-hybridized carbons (Fsp3) is 0.625. The van der Waals surface area contributed by atoms with Crippen LogP contribution in [0.3, 0.4) is 0 Å². The number of rotatable bonds is 8. The summed E-state index contributed by atoms with van der Waals surface area (Å²) in [5, 5.41) is 3.35. The molecule has 1 aliphatic heterocycles. The molecular formula is C16H25FN2. The molecule has 0 saturated carbocycles. The van der Waals surface area contributed by atoms with Crippen molar-refractivity contribution in [1.29, 1.82) is 0 Å². The normalized spacial score (nSPS) is 13.9. The summed E-state index contributed by atoms with van der Waals surface area (Å²) in [4.78, 5) is 2.34. The van der Waals surface area contributed by atoms with Gasteiger partial charge in [0.05, 0.1) is 0 Å². The van der Waals surface area contributed by atoms with E-state index in [9.17, 15) is 4.39 Å². The number of hydrogen-bond donors (Lipinski definition) is 1. The first-order valence-electron chi connectivity index (χ1n) is 7.55. The topological polar surface area (TPSA) is 15.3 Å². The van der Waals surface area contributed by atoms with Gasteiger partial charge in [0.1, 0.15) is 5.82 Å². The summed E-state index contributed by atoms with van der Waals surface area (Å²) in [6.07, 6.45) is 6.10. The van der Waals surface area contributed by atoms with Crippen molar-refractivity contribution in [3.05, 3.63) is 29.6 Å². The molecule has 0 amide bonds. The van der Waals surface area contributed by atoms with Crippen LogP contribution in [0.4, 0.5) is 10.1 Å². The van der Waals surface area contributed by atoms with Gasteiger partial charge >= 0.3 is 0 Å². The number of anilines is 1. The zero-order valence-corrected chi connectivity index (χ0v) is 11.9. The zero-order chi connectivity index (χ0) is 13.5. The Morgan fingerprint density at radius 2 is 2.05 bits per heavy atom. The van der Waals surface area contributed by atoms with Crippen molar-refractivity contribution in [2.45, 2.75) is 39.0 Å². The smallest absolute Gasteiger partial charge is 0.125 e. The molecule has 3 heteroatoms. The molecule has 106 valence electrons. The minimum Gasteiger partial charge on any atom is -0.371 e. The van der Waals surface area contributed by atoms with Crippen molar-refractivity contribution in [3.8, 4) is 0 Å². The summed E-state index contributed by atoms with van der Waals surface area (Å²) in [6, 6.07) is 5.19. The van der Waals surface area contributed by atoms with Crippen LogP contribution >= 0.6 is 0 Å². The van der Waals surface area contributed by atoms with Gasteiger partial charge in [-0.2, -0.15) is 0 Å². The van der Waals surface area contributed by atoms with E-state index in [1.165, 1.54) is 31.2 Å². The number of benzene rings is 1. The number of unbranched alkanes of at least 4 members (excludes halogenated alkanes) is 3. The van der Waals surface area contributed by atoms with Crippen molar-refractivity contribution < 1.29 is 4.39 Å². The molecule has 0 unspecified atom stereocenters. The van der Waals surface area contributed by atoms with E-state index in [0.29, 0.717) is 0 Å². The van der Waals surface area contributed by atoms with Gasteiger partial charge in [-0.3, -0.25) is 0 Å². The monoisotopic (exact) mass is 264 g/mol. The van der Waals surface area contributed by atoms with E-state index in [4.69, 9.17) is 0 Å². The van der Waals surface area contributed by atoms with E-state index < -0.39 is 0 Å². The maximum absolute atomic E-state index is 13.3. The summed E-state index contributed by atoms with van der Waals surface area (Å²) in [6.45, 7) is 6.46. The van der Waals surface area contributed by atoms with Crippen molar-refractivity contribution in [3.63, 3.8) is 0 Å². The van der Waals surface area contributed by atoms with Crippen LogP contribution in [0.1, 0.15) is 38.2 Å². The van der Waals surface area contributed by atoms with Crippen LogP contribution in [0, 0.1) is 5.82 Å². The standard InChI is InChI=1S/C16H25FN2/c1-2-18-10-5-3-4-6-11-19-12-9-14-7-8-15(17)13-16(14)19/h7-8,13,18H,2-6,9-12H2,1H3. The SMILES string of the molecule is CCNCCCCCCN1CCc2ccc(F)cc21. The quantitative estimate of drug-likeness (QED) is 0.724. The second-order valence-electron chi connectivity index (χ2n) is 5.28. The van der Waals surface area contributed by atoms with E-state index in [1.807, 2.05) is 6.07 Å². The molecule has 0 aliphatic carbocycles. The van der Waals surface area contributed by atoms with E-state index in [2.05, 4.69) is 17.1 Å². The third-order valence-corrected chi connectivity index (χ3v) is 3.82. The van der Waals surface area contributed by atoms with Crippen LogP contribution in [0.15, 0.2) is 18.2 Å². The largest absolute Gasteiger partial charge is 0.371 e. The average molecular weight is 264 g/mol. The Bertz CT molecular complexity index is 392. The van der Waals surface area contributed by atoms with E-state index in [1.54, 1.807) is 12.1 Å². The van der Waals surface area contributed by atoms with Crippen LogP contribution in [0.25, 0.3) is 0 Å². The first-order chi connectivity index (χ1) is 9.31. The Labute approximate surface area is 116 Å². The van der Waals surface area contributed by atoms with Gasteiger partial charge in [0.2, 0.25) is 0 Å². The molecule has 0 fully saturated rings. The summed E-state index contributed by atoms with van der Waals surface area (Å²) in [7, 11) is 0. The first-order valence-corrected chi connectivity index (χ1v) is 7.55. The molecule has 1 aromatic carbocycles. The Balaban J connectivity index is 1.67.